The molecule has 0 aliphatic carbocycles. The molecular weight excluding hydrogens is 160 g/mol. The third-order valence-electron chi connectivity index (χ3n) is 1.70. The number of aromatic amines is 1. The van der Waals surface area contributed by atoms with Crippen LogP contribution in [-0.2, 0) is 6.42 Å². The molecule has 11 heavy (non-hydrogen) atoms. The normalized spacial score (nSPS) is 13.3. The van der Waals surface area contributed by atoms with Crippen molar-refractivity contribution in [2.45, 2.75) is 26.7 Å². The van der Waals surface area contributed by atoms with E-state index in [1.165, 1.54) is 0 Å². The standard InChI is InChI=1S/C7H12N2OS/c1-3-5(2)4-6-8-9-7(11)10-6/h5H,3-4H2,1-2H3,(H,9,11). The average Bonchev–Trinajstić information content (AvgIpc) is 2.35. The molecule has 0 aliphatic heterocycles. The van der Waals surface area contributed by atoms with Gasteiger partial charge < -0.3 is 4.42 Å². The van der Waals surface area contributed by atoms with E-state index < -0.39 is 0 Å². The maximum absolute atomic E-state index is 5.10. The van der Waals surface area contributed by atoms with Gasteiger partial charge in [0.1, 0.15) is 0 Å². The zero-order chi connectivity index (χ0) is 8.27. The molecule has 0 aliphatic rings. The molecule has 0 aromatic carbocycles. The highest BCUT2D eigenvalue weighted by molar-refractivity contribution is 7.71. The lowest BCUT2D eigenvalue weighted by molar-refractivity contribution is 0.429. The molecule has 1 unspecified atom stereocenters. The van der Waals surface area contributed by atoms with Gasteiger partial charge in [-0.15, -0.1) is 5.10 Å². The summed E-state index contributed by atoms with van der Waals surface area (Å²) in [5, 5.41) is 6.50. The lowest BCUT2D eigenvalue weighted by Gasteiger charge is -2.01. The van der Waals surface area contributed by atoms with Crippen LogP contribution in [0.15, 0.2) is 4.42 Å². The highest BCUT2D eigenvalue weighted by atomic mass is 32.1. The molecular formula is C7H12N2OS. The Balaban J connectivity index is 2.57. The van der Waals surface area contributed by atoms with Gasteiger partial charge in [0.2, 0.25) is 5.89 Å². The van der Waals surface area contributed by atoms with Crippen LogP contribution in [0, 0.1) is 10.8 Å². The summed E-state index contributed by atoms with van der Waals surface area (Å²) in [6, 6.07) is 0. The minimum Gasteiger partial charge on any atom is -0.414 e. The first-order chi connectivity index (χ1) is 5.22. The lowest BCUT2D eigenvalue weighted by Crippen LogP contribution is -1.97. The van der Waals surface area contributed by atoms with Gasteiger partial charge in [0.25, 0.3) is 4.84 Å². The molecule has 0 radical (unpaired) electrons. The highest BCUT2D eigenvalue weighted by Crippen LogP contribution is 2.08. The first-order valence-corrected chi connectivity index (χ1v) is 4.17. The topological polar surface area (TPSA) is 41.8 Å². The molecule has 0 saturated carbocycles. The number of H-pyrrole nitrogens is 1. The smallest absolute Gasteiger partial charge is 0.284 e. The quantitative estimate of drug-likeness (QED) is 0.711. The van der Waals surface area contributed by atoms with Crippen LogP contribution in [-0.4, -0.2) is 10.2 Å². The second kappa shape index (κ2) is 3.67. The van der Waals surface area contributed by atoms with Crippen molar-refractivity contribution in [3.8, 4) is 0 Å². The van der Waals surface area contributed by atoms with E-state index in [9.17, 15) is 0 Å². The van der Waals surface area contributed by atoms with Crippen molar-refractivity contribution in [1.29, 1.82) is 0 Å². The monoisotopic (exact) mass is 172 g/mol. The van der Waals surface area contributed by atoms with Gasteiger partial charge in [-0.1, -0.05) is 20.3 Å². The number of nitrogens with zero attached hydrogens (tertiary/aromatic N) is 1. The molecule has 0 fully saturated rings. The van der Waals surface area contributed by atoms with Crippen molar-refractivity contribution in [3.05, 3.63) is 10.7 Å². The number of rotatable bonds is 3. The van der Waals surface area contributed by atoms with Crippen LogP contribution >= 0.6 is 12.2 Å². The summed E-state index contributed by atoms with van der Waals surface area (Å²) < 4.78 is 5.10. The van der Waals surface area contributed by atoms with Gasteiger partial charge in [-0.05, 0) is 18.1 Å². The third-order valence-corrected chi connectivity index (χ3v) is 1.88. The Bertz CT molecular complexity index is 265. The maximum Gasteiger partial charge on any atom is 0.284 e. The molecule has 4 heteroatoms. The van der Waals surface area contributed by atoms with E-state index >= 15 is 0 Å². The predicted octanol–water partition coefficient (Wildman–Crippen LogP) is 2.32. The number of aromatic nitrogens is 2. The van der Waals surface area contributed by atoms with E-state index in [1.54, 1.807) is 0 Å². The van der Waals surface area contributed by atoms with Crippen LogP contribution in [0.1, 0.15) is 26.2 Å². The molecule has 0 amide bonds. The summed E-state index contributed by atoms with van der Waals surface area (Å²) in [4.78, 5) is 0.364. The molecule has 1 rings (SSSR count). The summed E-state index contributed by atoms with van der Waals surface area (Å²) in [6.07, 6.45) is 2.00. The Kier molecular flexibility index (Phi) is 2.82. The van der Waals surface area contributed by atoms with Gasteiger partial charge in [-0.2, -0.15) is 0 Å². The Morgan fingerprint density at radius 3 is 2.91 bits per heavy atom. The van der Waals surface area contributed by atoms with Crippen molar-refractivity contribution in [3.63, 3.8) is 0 Å². The second-order valence-corrected chi connectivity index (χ2v) is 3.10. The SMILES string of the molecule is CCC(C)Cc1n[nH]c(=S)o1. The Morgan fingerprint density at radius 2 is 2.45 bits per heavy atom. The first kappa shape index (κ1) is 8.46. The number of nitrogens with one attached hydrogen (secondary N) is 1. The van der Waals surface area contributed by atoms with Gasteiger partial charge in [0.05, 0.1) is 0 Å². The van der Waals surface area contributed by atoms with E-state index in [4.69, 9.17) is 16.6 Å². The van der Waals surface area contributed by atoms with Crippen LogP contribution in [0.25, 0.3) is 0 Å². The van der Waals surface area contributed by atoms with Crippen molar-refractivity contribution < 1.29 is 4.42 Å². The zero-order valence-electron chi connectivity index (χ0n) is 6.76. The van der Waals surface area contributed by atoms with Crippen molar-refractivity contribution in [1.82, 2.24) is 10.2 Å². The molecule has 0 spiro atoms. The molecule has 0 bridgehead atoms. The van der Waals surface area contributed by atoms with Gasteiger partial charge in [-0.3, -0.25) is 0 Å². The molecule has 62 valence electrons. The summed E-state index contributed by atoms with van der Waals surface area (Å²) in [6.45, 7) is 4.30. The van der Waals surface area contributed by atoms with Crippen molar-refractivity contribution in [2.75, 3.05) is 0 Å². The van der Waals surface area contributed by atoms with Gasteiger partial charge >= 0.3 is 0 Å². The van der Waals surface area contributed by atoms with Crippen molar-refractivity contribution >= 4 is 12.2 Å². The van der Waals surface area contributed by atoms with Crippen molar-refractivity contribution in [2.24, 2.45) is 5.92 Å². The fourth-order valence-corrected chi connectivity index (χ4v) is 0.932. The van der Waals surface area contributed by atoms with E-state index in [1.807, 2.05) is 0 Å². The molecule has 1 heterocycles. The maximum atomic E-state index is 5.10. The number of hydrogen-bond donors (Lipinski definition) is 1. The molecule has 1 N–H and O–H groups in total. The fraction of sp³-hybridized carbons (Fsp3) is 0.714. The summed E-state index contributed by atoms with van der Waals surface area (Å²) in [5.41, 5.74) is 0. The van der Waals surface area contributed by atoms with Gasteiger partial charge in [-0.25, -0.2) is 5.10 Å². The molecule has 1 atom stereocenters. The van der Waals surface area contributed by atoms with Gasteiger partial charge in [0, 0.05) is 6.42 Å². The Morgan fingerprint density at radius 1 is 1.73 bits per heavy atom. The summed E-state index contributed by atoms with van der Waals surface area (Å²) in [5.74, 6) is 1.32. The zero-order valence-corrected chi connectivity index (χ0v) is 7.57. The number of hydrogen-bond acceptors (Lipinski definition) is 3. The Labute approximate surface area is 70.8 Å². The molecule has 1 aromatic heterocycles. The van der Waals surface area contributed by atoms with E-state index in [-0.39, 0.29) is 0 Å². The molecule has 3 nitrogen and oxygen atoms in total. The van der Waals surface area contributed by atoms with Crippen LogP contribution in [0.5, 0.6) is 0 Å². The first-order valence-electron chi connectivity index (χ1n) is 3.76. The van der Waals surface area contributed by atoms with E-state index in [0.29, 0.717) is 16.6 Å². The fourth-order valence-electron chi connectivity index (χ4n) is 0.790. The van der Waals surface area contributed by atoms with Crippen LogP contribution in [0.3, 0.4) is 0 Å². The summed E-state index contributed by atoms with van der Waals surface area (Å²) in [7, 11) is 0. The second-order valence-electron chi connectivity index (χ2n) is 2.72. The summed E-state index contributed by atoms with van der Waals surface area (Å²) >= 11 is 4.74. The van der Waals surface area contributed by atoms with Gasteiger partial charge in [0.15, 0.2) is 0 Å². The van der Waals surface area contributed by atoms with Crippen LogP contribution in [0.2, 0.25) is 0 Å². The van der Waals surface area contributed by atoms with E-state index in [2.05, 4.69) is 24.0 Å². The predicted molar refractivity (Wildman–Crippen MR) is 44.8 cm³/mol. The average molecular weight is 172 g/mol. The lowest BCUT2D eigenvalue weighted by atomic mass is 10.1. The largest absolute Gasteiger partial charge is 0.414 e. The molecule has 0 saturated heterocycles. The minimum atomic E-state index is 0.364. The Hall–Kier alpha value is -0.640. The van der Waals surface area contributed by atoms with Crippen LogP contribution in [0.4, 0.5) is 0 Å². The third kappa shape index (κ3) is 2.46. The molecule has 1 aromatic rings. The van der Waals surface area contributed by atoms with E-state index in [0.717, 1.165) is 12.8 Å². The minimum absolute atomic E-state index is 0.364. The van der Waals surface area contributed by atoms with Crippen LogP contribution < -0.4 is 0 Å². The highest BCUT2D eigenvalue weighted by Gasteiger charge is 2.04.